The molecule has 1 N–H and O–H groups in total. The third-order valence-corrected chi connectivity index (χ3v) is 4.02. The summed E-state index contributed by atoms with van der Waals surface area (Å²) >= 11 is 1.78. The Kier molecular flexibility index (Phi) is 6.40. The molecule has 0 saturated carbocycles. The van der Waals surface area contributed by atoms with Crippen molar-refractivity contribution in [3.63, 3.8) is 0 Å². The molecule has 0 heterocycles. The molecule has 1 aromatic carbocycles. The summed E-state index contributed by atoms with van der Waals surface area (Å²) in [5, 5.41) is 11.5. The molecule has 1 rings (SSSR count). The van der Waals surface area contributed by atoms with E-state index in [0.29, 0.717) is 6.29 Å². The van der Waals surface area contributed by atoms with Gasteiger partial charge in [0, 0.05) is 13.6 Å². The Bertz CT molecular complexity index is 576. The SMILES string of the molecule is CN(CC[C@H](I)C(=O)O)C(=O)c1cccc(N=O)c1C=O. The van der Waals surface area contributed by atoms with Crippen LogP contribution in [0.1, 0.15) is 27.1 Å². The van der Waals surface area contributed by atoms with Crippen molar-refractivity contribution < 1.29 is 19.5 Å². The smallest absolute Gasteiger partial charge is 0.316 e. The van der Waals surface area contributed by atoms with Gasteiger partial charge in [0.15, 0.2) is 6.29 Å². The van der Waals surface area contributed by atoms with E-state index in [1.807, 2.05) is 0 Å². The number of carbonyl (C=O) groups excluding carboxylic acids is 2. The second-order valence-electron chi connectivity index (χ2n) is 4.27. The van der Waals surface area contributed by atoms with Gasteiger partial charge in [-0.25, -0.2) is 0 Å². The Hall–Kier alpha value is -1.84. The number of nitroso groups, excluding NO2 is 1. The highest BCUT2D eigenvalue weighted by molar-refractivity contribution is 14.1. The lowest BCUT2D eigenvalue weighted by atomic mass is 10.1. The number of amides is 1. The maximum atomic E-state index is 12.2. The fraction of sp³-hybridized carbons (Fsp3) is 0.308. The molecule has 0 aliphatic heterocycles. The maximum absolute atomic E-state index is 12.2. The summed E-state index contributed by atoms with van der Waals surface area (Å²) in [7, 11) is 1.50. The highest BCUT2D eigenvalue weighted by atomic mass is 127. The van der Waals surface area contributed by atoms with Gasteiger partial charge in [-0.05, 0) is 23.7 Å². The van der Waals surface area contributed by atoms with Crippen LogP contribution in [0.2, 0.25) is 0 Å². The second-order valence-corrected chi connectivity index (χ2v) is 5.77. The third kappa shape index (κ3) is 4.31. The lowest BCUT2D eigenvalue weighted by Gasteiger charge is -2.19. The average molecular weight is 404 g/mol. The summed E-state index contributed by atoms with van der Waals surface area (Å²) in [6.45, 7) is 0.218. The molecule has 0 saturated heterocycles. The van der Waals surface area contributed by atoms with Crippen molar-refractivity contribution in [1.82, 2.24) is 4.90 Å². The van der Waals surface area contributed by atoms with E-state index in [1.165, 1.54) is 30.1 Å². The molecule has 112 valence electrons. The molecular formula is C13H13IN2O5. The fourth-order valence-electron chi connectivity index (χ4n) is 1.68. The summed E-state index contributed by atoms with van der Waals surface area (Å²) in [6, 6.07) is 4.23. The number of carboxylic acid groups (broad SMARTS) is 1. The van der Waals surface area contributed by atoms with E-state index >= 15 is 0 Å². The van der Waals surface area contributed by atoms with Crippen LogP contribution in [0, 0.1) is 4.91 Å². The molecule has 1 amide bonds. The largest absolute Gasteiger partial charge is 0.480 e. The fourth-order valence-corrected chi connectivity index (χ4v) is 1.96. The van der Waals surface area contributed by atoms with Gasteiger partial charge < -0.3 is 10.0 Å². The molecule has 1 atom stereocenters. The maximum Gasteiger partial charge on any atom is 0.316 e. The number of alkyl halides is 1. The van der Waals surface area contributed by atoms with Crippen molar-refractivity contribution in [3.8, 4) is 0 Å². The summed E-state index contributed by atoms with van der Waals surface area (Å²) < 4.78 is -0.605. The Labute approximate surface area is 134 Å². The number of aldehydes is 1. The number of rotatable bonds is 7. The van der Waals surface area contributed by atoms with E-state index in [9.17, 15) is 19.3 Å². The van der Waals surface area contributed by atoms with Crippen LogP contribution in [-0.2, 0) is 4.79 Å². The molecule has 0 spiro atoms. The van der Waals surface area contributed by atoms with Gasteiger partial charge >= 0.3 is 5.97 Å². The second kappa shape index (κ2) is 7.81. The van der Waals surface area contributed by atoms with E-state index in [2.05, 4.69) is 5.18 Å². The molecule has 0 aliphatic carbocycles. The first-order valence-electron chi connectivity index (χ1n) is 5.96. The third-order valence-electron chi connectivity index (χ3n) is 2.86. The lowest BCUT2D eigenvalue weighted by molar-refractivity contribution is -0.136. The van der Waals surface area contributed by atoms with Crippen molar-refractivity contribution in [1.29, 1.82) is 0 Å². The van der Waals surface area contributed by atoms with Crippen LogP contribution < -0.4 is 0 Å². The molecule has 0 aliphatic rings. The number of aliphatic carboxylic acids is 1. The summed E-state index contributed by atoms with van der Waals surface area (Å²) in [5.41, 5.74) is -0.0832. The Morgan fingerprint density at radius 2 is 2.14 bits per heavy atom. The Morgan fingerprint density at radius 1 is 1.48 bits per heavy atom. The van der Waals surface area contributed by atoms with E-state index in [0.717, 1.165) is 0 Å². The first kappa shape index (κ1) is 17.2. The highest BCUT2D eigenvalue weighted by Gasteiger charge is 2.20. The van der Waals surface area contributed by atoms with E-state index in [1.54, 1.807) is 22.6 Å². The number of hydrogen-bond acceptors (Lipinski definition) is 5. The van der Waals surface area contributed by atoms with Gasteiger partial charge in [-0.1, -0.05) is 28.7 Å². The molecule has 0 radical (unpaired) electrons. The number of carbonyl (C=O) groups is 3. The van der Waals surface area contributed by atoms with Crippen molar-refractivity contribution in [2.24, 2.45) is 5.18 Å². The minimum absolute atomic E-state index is 0.0615. The topological polar surface area (TPSA) is 104 Å². The van der Waals surface area contributed by atoms with Crippen molar-refractivity contribution in [3.05, 3.63) is 34.2 Å². The van der Waals surface area contributed by atoms with Gasteiger partial charge in [-0.15, -0.1) is 4.91 Å². The van der Waals surface area contributed by atoms with Crippen LogP contribution in [-0.4, -0.2) is 45.7 Å². The molecule has 0 unspecified atom stereocenters. The van der Waals surface area contributed by atoms with Gasteiger partial charge in [-0.3, -0.25) is 14.4 Å². The molecule has 0 aromatic heterocycles. The van der Waals surface area contributed by atoms with Gasteiger partial charge in [0.2, 0.25) is 0 Å². The Balaban J connectivity index is 2.90. The lowest BCUT2D eigenvalue weighted by Crippen LogP contribution is -2.31. The van der Waals surface area contributed by atoms with Crippen LogP contribution in [0.25, 0.3) is 0 Å². The molecule has 1 aromatic rings. The monoisotopic (exact) mass is 404 g/mol. The van der Waals surface area contributed by atoms with Crippen LogP contribution in [0.3, 0.4) is 0 Å². The molecule has 0 bridgehead atoms. The van der Waals surface area contributed by atoms with Crippen LogP contribution in [0.15, 0.2) is 23.4 Å². The highest BCUT2D eigenvalue weighted by Crippen LogP contribution is 2.22. The minimum Gasteiger partial charge on any atom is -0.480 e. The zero-order chi connectivity index (χ0) is 16.0. The predicted octanol–water partition coefficient (Wildman–Crippen LogP) is 2.25. The summed E-state index contributed by atoms with van der Waals surface area (Å²) in [5.74, 6) is -1.41. The minimum atomic E-state index is -0.947. The quantitative estimate of drug-likeness (QED) is 0.325. The zero-order valence-electron chi connectivity index (χ0n) is 11.2. The van der Waals surface area contributed by atoms with Crippen molar-refractivity contribution in [2.45, 2.75) is 10.3 Å². The molecule has 8 heteroatoms. The van der Waals surface area contributed by atoms with E-state index < -0.39 is 15.8 Å². The van der Waals surface area contributed by atoms with Gasteiger partial charge in [0.05, 0.1) is 11.1 Å². The number of nitrogens with zero attached hydrogens (tertiary/aromatic N) is 2. The predicted molar refractivity (Wildman–Crippen MR) is 84.3 cm³/mol. The van der Waals surface area contributed by atoms with Gasteiger partial charge in [-0.2, -0.15) is 0 Å². The number of hydrogen-bond donors (Lipinski definition) is 1. The Morgan fingerprint density at radius 3 is 2.67 bits per heavy atom. The molecule has 21 heavy (non-hydrogen) atoms. The van der Waals surface area contributed by atoms with Crippen LogP contribution >= 0.6 is 22.6 Å². The first-order chi connectivity index (χ1) is 9.92. The van der Waals surface area contributed by atoms with E-state index in [-0.39, 0.29) is 29.8 Å². The number of carboxylic acids is 1. The first-order valence-corrected chi connectivity index (χ1v) is 7.20. The van der Waals surface area contributed by atoms with Gasteiger partial charge in [0.1, 0.15) is 9.61 Å². The zero-order valence-corrected chi connectivity index (χ0v) is 13.3. The van der Waals surface area contributed by atoms with E-state index in [4.69, 9.17) is 5.11 Å². The number of halogens is 1. The summed E-state index contributed by atoms with van der Waals surface area (Å²) in [6.07, 6.45) is 0.691. The normalized spacial score (nSPS) is 11.5. The average Bonchev–Trinajstić information content (AvgIpc) is 2.50. The molecule has 0 fully saturated rings. The summed E-state index contributed by atoms with van der Waals surface area (Å²) in [4.78, 5) is 46.0. The standard InChI is InChI=1S/C13H13IN2O5/c1-16(6-5-10(14)13(19)20)12(18)8-3-2-4-11(15-21)9(8)7-17/h2-4,7,10H,5-6H2,1H3,(H,19,20)/t10-/m0/s1. The number of benzene rings is 1. The van der Waals surface area contributed by atoms with Crippen molar-refractivity contribution in [2.75, 3.05) is 13.6 Å². The molecular weight excluding hydrogens is 391 g/mol. The molecule has 7 nitrogen and oxygen atoms in total. The van der Waals surface area contributed by atoms with Crippen molar-refractivity contribution >= 4 is 46.4 Å². The van der Waals surface area contributed by atoms with Crippen LogP contribution in [0.4, 0.5) is 5.69 Å². The van der Waals surface area contributed by atoms with Gasteiger partial charge in [0.25, 0.3) is 5.91 Å². The van der Waals surface area contributed by atoms with Crippen LogP contribution in [0.5, 0.6) is 0 Å².